The third-order valence-corrected chi connectivity index (χ3v) is 3.55. The molecule has 0 spiro atoms. The van der Waals surface area contributed by atoms with Gasteiger partial charge >= 0.3 is 0 Å². The van der Waals surface area contributed by atoms with Crippen molar-refractivity contribution in [2.24, 2.45) is 0 Å². The number of hydrogen-bond donors (Lipinski definition) is 1. The number of aryl methyl sites for hydroxylation is 2. The molecular weight excluding hydrogens is 272 g/mol. The fourth-order valence-electron chi connectivity index (χ4n) is 2.50. The van der Waals surface area contributed by atoms with Gasteiger partial charge in [-0.05, 0) is 37.6 Å². The van der Waals surface area contributed by atoms with E-state index in [9.17, 15) is 8.78 Å². The van der Waals surface area contributed by atoms with Crippen molar-refractivity contribution in [3.05, 3.63) is 47.5 Å². The molecule has 0 amide bonds. The van der Waals surface area contributed by atoms with Gasteiger partial charge in [-0.2, -0.15) is 0 Å². The molecule has 0 saturated heterocycles. The van der Waals surface area contributed by atoms with Gasteiger partial charge in [0, 0.05) is 12.6 Å². The summed E-state index contributed by atoms with van der Waals surface area (Å²) in [6.07, 6.45) is 0. The molecule has 2 aromatic carbocycles. The van der Waals surface area contributed by atoms with Crippen molar-refractivity contribution >= 4 is 16.7 Å². The van der Waals surface area contributed by atoms with Gasteiger partial charge in [0.25, 0.3) is 0 Å². The van der Waals surface area contributed by atoms with E-state index in [1.54, 1.807) is 0 Å². The minimum absolute atomic E-state index is 0.0858. The number of nitrogens with two attached hydrogens (primary N) is 1. The fourth-order valence-corrected chi connectivity index (χ4v) is 2.50. The van der Waals surface area contributed by atoms with E-state index in [1.165, 1.54) is 6.07 Å². The highest BCUT2D eigenvalue weighted by Crippen LogP contribution is 2.29. The number of hydrogen-bond acceptors (Lipinski definition) is 2. The van der Waals surface area contributed by atoms with Crippen molar-refractivity contribution in [2.45, 2.75) is 20.4 Å². The van der Waals surface area contributed by atoms with Crippen molar-refractivity contribution in [3.63, 3.8) is 0 Å². The first kappa shape index (κ1) is 13.5. The summed E-state index contributed by atoms with van der Waals surface area (Å²) in [5, 5.41) is 0. The number of halogens is 2. The van der Waals surface area contributed by atoms with E-state index in [0.29, 0.717) is 12.4 Å². The average Bonchev–Trinajstić information content (AvgIpc) is 2.80. The summed E-state index contributed by atoms with van der Waals surface area (Å²) in [6, 6.07) is 7.97. The maximum atomic E-state index is 14.1. The van der Waals surface area contributed by atoms with E-state index < -0.39 is 11.6 Å². The monoisotopic (exact) mass is 287 g/mol. The Morgan fingerprint density at radius 3 is 2.62 bits per heavy atom. The Balaban J connectivity index is 2.32. The summed E-state index contributed by atoms with van der Waals surface area (Å²) < 4.78 is 29.3. The zero-order valence-corrected chi connectivity index (χ0v) is 11.8. The second-order valence-corrected chi connectivity index (χ2v) is 5.03. The van der Waals surface area contributed by atoms with Crippen LogP contribution in [-0.2, 0) is 6.54 Å². The number of imidazole rings is 1. The summed E-state index contributed by atoms with van der Waals surface area (Å²) in [4.78, 5) is 4.49. The molecule has 2 N–H and O–H groups in total. The van der Waals surface area contributed by atoms with E-state index in [1.807, 2.05) is 36.6 Å². The third kappa shape index (κ3) is 2.14. The predicted molar refractivity (Wildman–Crippen MR) is 79.9 cm³/mol. The fraction of sp³-hybridized carbons (Fsp3) is 0.188. The molecule has 1 aromatic heterocycles. The van der Waals surface area contributed by atoms with Gasteiger partial charge in [0.05, 0.1) is 22.3 Å². The van der Waals surface area contributed by atoms with Crippen LogP contribution in [-0.4, -0.2) is 9.55 Å². The largest absolute Gasteiger partial charge is 0.396 e. The van der Waals surface area contributed by atoms with Crippen LogP contribution in [0.3, 0.4) is 0 Å². The lowest BCUT2D eigenvalue weighted by Crippen LogP contribution is -2.01. The van der Waals surface area contributed by atoms with E-state index in [4.69, 9.17) is 5.73 Å². The van der Waals surface area contributed by atoms with Crippen LogP contribution >= 0.6 is 0 Å². The number of aromatic nitrogens is 2. The first-order chi connectivity index (χ1) is 10.0. The summed E-state index contributed by atoms with van der Waals surface area (Å²) >= 11 is 0. The van der Waals surface area contributed by atoms with Crippen molar-refractivity contribution in [3.8, 4) is 11.4 Å². The molecule has 0 atom stereocenters. The molecule has 3 nitrogen and oxygen atoms in total. The molecule has 0 fully saturated rings. The standard InChI is InChI=1S/C16H15F2N3/c1-3-21-15-5-4-9(2)6-14(15)20-16(21)10-7-13(19)12(18)8-11(10)17/h4-8H,3,19H2,1-2H3. The van der Waals surface area contributed by atoms with Crippen LogP contribution in [0.1, 0.15) is 12.5 Å². The van der Waals surface area contributed by atoms with Crippen LogP contribution in [0.25, 0.3) is 22.4 Å². The lowest BCUT2D eigenvalue weighted by atomic mass is 10.1. The SMILES string of the molecule is CCn1c(-c2cc(N)c(F)cc2F)nc2cc(C)ccc21. The average molecular weight is 287 g/mol. The maximum absolute atomic E-state index is 14.1. The lowest BCUT2D eigenvalue weighted by Gasteiger charge is -2.08. The summed E-state index contributed by atoms with van der Waals surface area (Å²) in [7, 11) is 0. The van der Waals surface area contributed by atoms with Crippen LogP contribution in [0.5, 0.6) is 0 Å². The molecule has 0 saturated carbocycles. The molecule has 0 unspecified atom stereocenters. The predicted octanol–water partition coefficient (Wildman–Crippen LogP) is 3.89. The normalized spacial score (nSPS) is 11.2. The molecule has 5 heteroatoms. The van der Waals surface area contributed by atoms with Crippen LogP contribution in [0.15, 0.2) is 30.3 Å². The second kappa shape index (κ2) is 4.84. The summed E-state index contributed by atoms with van der Waals surface area (Å²) in [5.41, 5.74) is 8.47. The van der Waals surface area contributed by atoms with E-state index >= 15 is 0 Å². The Kier molecular flexibility index (Phi) is 3.12. The number of fused-ring (bicyclic) bond motifs is 1. The van der Waals surface area contributed by atoms with Crippen LogP contribution in [0.4, 0.5) is 14.5 Å². The number of rotatable bonds is 2. The molecule has 3 rings (SSSR count). The number of nitrogen functional groups attached to an aromatic ring is 1. The summed E-state index contributed by atoms with van der Waals surface area (Å²) in [5.74, 6) is -0.961. The first-order valence-corrected chi connectivity index (χ1v) is 6.73. The highest BCUT2D eigenvalue weighted by Gasteiger charge is 2.17. The quantitative estimate of drug-likeness (QED) is 0.727. The molecule has 0 aliphatic rings. The minimum Gasteiger partial charge on any atom is -0.396 e. The Labute approximate surface area is 121 Å². The zero-order chi connectivity index (χ0) is 15.1. The van der Waals surface area contributed by atoms with Crippen molar-refractivity contribution in [2.75, 3.05) is 5.73 Å². The van der Waals surface area contributed by atoms with Gasteiger partial charge in [-0.25, -0.2) is 13.8 Å². The molecule has 1 heterocycles. The van der Waals surface area contributed by atoms with Crippen molar-refractivity contribution < 1.29 is 8.78 Å². The maximum Gasteiger partial charge on any atom is 0.149 e. The van der Waals surface area contributed by atoms with Gasteiger partial charge in [-0.3, -0.25) is 0 Å². The molecule has 3 aromatic rings. The Hall–Kier alpha value is -2.43. The van der Waals surface area contributed by atoms with Crippen molar-refractivity contribution in [1.82, 2.24) is 9.55 Å². The van der Waals surface area contributed by atoms with Gasteiger partial charge in [0.1, 0.15) is 17.5 Å². The molecule has 0 bridgehead atoms. The van der Waals surface area contributed by atoms with Gasteiger partial charge in [0.2, 0.25) is 0 Å². The highest BCUT2D eigenvalue weighted by atomic mass is 19.1. The molecule has 0 aliphatic carbocycles. The highest BCUT2D eigenvalue weighted by molar-refractivity contribution is 5.82. The summed E-state index contributed by atoms with van der Waals surface area (Å²) in [6.45, 7) is 4.56. The van der Waals surface area contributed by atoms with E-state index in [0.717, 1.165) is 22.7 Å². The topological polar surface area (TPSA) is 43.8 Å². The Morgan fingerprint density at radius 1 is 1.14 bits per heavy atom. The van der Waals surface area contributed by atoms with Crippen LogP contribution in [0, 0.1) is 18.6 Å². The Morgan fingerprint density at radius 2 is 1.90 bits per heavy atom. The lowest BCUT2D eigenvalue weighted by molar-refractivity contribution is 0.587. The van der Waals surface area contributed by atoms with E-state index in [-0.39, 0.29) is 11.3 Å². The number of benzene rings is 2. The van der Waals surface area contributed by atoms with Gasteiger partial charge in [0.15, 0.2) is 0 Å². The van der Waals surface area contributed by atoms with Gasteiger partial charge < -0.3 is 10.3 Å². The second-order valence-electron chi connectivity index (χ2n) is 5.03. The molecular formula is C16H15F2N3. The Bertz CT molecular complexity index is 837. The van der Waals surface area contributed by atoms with Gasteiger partial charge in [-0.15, -0.1) is 0 Å². The van der Waals surface area contributed by atoms with Crippen LogP contribution in [0.2, 0.25) is 0 Å². The zero-order valence-electron chi connectivity index (χ0n) is 11.8. The number of anilines is 1. The van der Waals surface area contributed by atoms with Crippen LogP contribution < -0.4 is 5.73 Å². The van der Waals surface area contributed by atoms with E-state index in [2.05, 4.69) is 4.98 Å². The molecule has 108 valence electrons. The minimum atomic E-state index is -0.758. The molecule has 0 aliphatic heterocycles. The van der Waals surface area contributed by atoms with Gasteiger partial charge in [-0.1, -0.05) is 6.07 Å². The first-order valence-electron chi connectivity index (χ1n) is 6.73. The smallest absolute Gasteiger partial charge is 0.149 e. The third-order valence-electron chi connectivity index (χ3n) is 3.55. The van der Waals surface area contributed by atoms with Crippen molar-refractivity contribution in [1.29, 1.82) is 0 Å². The number of nitrogens with zero attached hydrogens (tertiary/aromatic N) is 2. The molecule has 0 radical (unpaired) electrons. The molecule has 21 heavy (non-hydrogen) atoms.